The number of hydrogen-bond donors (Lipinski definition) is 1. The van der Waals surface area contributed by atoms with Crippen LogP contribution < -0.4 is 5.32 Å². The minimum atomic E-state index is 0.516. The average Bonchev–Trinajstić information content (AvgIpc) is 2.77. The second-order valence-corrected chi connectivity index (χ2v) is 9.71. The van der Waals surface area contributed by atoms with E-state index in [0.29, 0.717) is 22.3 Å². The smallest absolute Gasteiger partial charge is 0.0470 e. The zero-order valence-electron chi connectivity index (χ0n) is 13.0. The molecule has 4 saturated carbocycles. The van der Waals surface area contributed by atoms with E-state index in [1.54, 1.807) is 4.88 Å². The molecule has 0 spiro atoms. The molecule has 1 heterocycles. The topological polar surface area (TPSA) is 12.0 Å². The van der Waals surface area contributed by atoms with Crippen molar-refractivity contribution in [2.75, 3.05) is 7.05 Å². The number of thiophene rings is 1. The van der Waals surface area contributed by atoms with Crippen LogP contribution in [-0.4, -0.2) is 7.05 Å². The Kier molecular flexibility index (Phi) is 2.74. The van der Waals surface area contributed by atoms with Crippen molar-refractivity contribution in [3.05, 3.63) is 22.4 Å². The van der Waals surface area contributed by atoms with Crippen LogP contribution in [0, 0.1) is 22.2 Å². The van der Waals surface area contributed by atoms with E-state index in [-0.39, 0.29) is 0 Å². The van der Waals surface area contributed by atoms with Gasteiger partial charge in [-0.15, -0.1) is 11.3 Å². The highest BCUT2D eigenvalue weighted by Gasteiger charge is 2.62. The minimum Gasteiger partial charge on any atom is -0.312 e. The molecule has 0 amide bonds. The summed E-state index contributed by atoms with van der Waals surface area (Å²) in [7, 11) is 2.17. The van der Waals surface area contributed by atoms with Crippen molar-refractivity contribution in [1.29, 1.82) is 0 Å². The SMILES string of the molecule is CNC(c1cccs1)C12CC3CC(C)(CC(C)(C3)C1)C2. The largest absolute Gasteiger partial charge is 0.312 e. The Morgan fingerprint density at radius 2 is 1.85 bits per heavy atom. The monoisotopic (exact) mass is 289 g/mol. The van der Waals surface area contributed by atoms with Crippen LogP contribution >= 0.6 is 11.3 Å². The van der Waals surface area contributed by atoms with E-state index in [4.69, 9.17) is 0 Å². The molecule has 20 heavy (non-hydrogen) atoms. The standard InChI is InChI=1S/C18H27NS/c1-16-7-13-8-17(2,10-16)12-18(9-13,11-16)15(19-3)14-5-4-6-20-14/h4-6,13,15,19H,7-12H2,1-3H3. The lowest BCUT2D eigenvalue weighted by atomic mass is 9.39. The summed E-state index contributed by atoms with van der Waals surface area (Å²) in [6, 6.07) is 5.13. The fraction of sp³-hybridized carbons (Fsp3) is 0.778. The molecule has 3 atom stereocenters. The lowest BCUT2D eigenvalue weighted by Crippen LogP contribution is -2.58. The van der Waals surface area contributed by atoms with Gasteiger partial charge in [0, 0.05) is 10.9 Å². The van der Waals surface area contributed by atoms with E-state index >= 15 is 0 Å². The highest BCUT2D eigenvalue weighted by molar-refractivity contribution is 7.10. The summed E-state index contributed by atoms with van der Waals surface area (Å²) in [5.41, 5.74) is 1.74. The molecule has 4 aliphatic rings. The Bertz CT molecular complexity index is 487. The molecule has 110 valence electrons. The molecule has 0 aliphatic heterocycles. The summed E-state index contributed by atoms with van der Waals surface area (Å²) >= 11 is 1.94. The van der Waals surface area contributed by atoms with Gasteiger partial charge in [-0.1, -0.05) is 19.9 Å². The zero-order valence-corrected chi connectivity index (χ0v) is 13.9. The van der Waals surface area contributed by atoms with Gasteiger partial charge in [0.05, 0.1) is 0 Å². The predicted molar refractivity (Wildman–Crippen MR) is 86.0 cm³/mol. The molecular weight excluding hydrogens is 262 g/mol. The molecule has 4 aliphatic carbocycles. The number of hydrogen-bond acceptors (Lipinski definition) is 2. The minimum absolute atomic E-state index is 0.516. The molecule has 1 nitrogen and oxygen atoms in total. The van der Waals surface area contributed by atoms with Crippen LogP contribution in [0.4, 0.5) is 0 Å². The fourth-order valence-electron chi connectivity index (χ4n) is 7.06. The van der Waals surface area contributed by atoms with Crippen molar-refractivity contribution < 1.29 is 0 Å². The van der Waals surface area contributed by atoms with Crippen molar-refractivity contribution in [2.45, 2.75) is 58.4 Å². The third-order valence-electron chi connectivity index (χ3n) is 6.40. The maximum absolute atomic E-state index is 3.71. The van der Waals surface area contributed by atoms with Crippen LogP contribution in [0.2, 0.25) is 0 Å². The van der Waals surface area contributed by atoms with Crippen LogP contribution in [0.3, 0.4) is 0 Å². The number of nitrogens with one attached hydrogen (secondary N) is 1. The zero-order chi connectivity index (χ0) is 14.0. The van der Waals surface area contributed by atoms with Gasteiger partial charge >= 0.3 is 0 Å². The van der Waals surface area contributed by atoms with Gasteiger partial charge in [-0.25, -0.2) is 0 Å². The van der Waals surface area contributed by atoms with Crippen LogP contribution in [0.1, 0.15) is 63.3 Å². The molecule has 0 saturated heterocycles. The van der Waals surface area contributed by atoms with Gasteiger partial charge in [-0.3, -0.25) is 0 Å². The van der Waals surface area contributed by atoms with E-state index in [1.165, 1.54) is 38.5 Å². The maximum atomic E-state index is 3.71. The van der Waals surface area contributed by atoms with Crippen molar-refractivity contribution in [3.63, 3.8) is 0 Å². The second-order valence-electron chi connectivity index (χ2n) is 8.73. The molecule has 2 heteroatoms. The lowest BCUT2D eigenvalue weighted by Gasteiger charge is -2.67. The molecule has 0 aromatic carbocycles. The Labute approximate surface area is 127 Å². The quantitative estimate of drug-likeness (QED) is 0.825. The van der Waals surface area contributed by atoms with Crippen molar-refractivity contribution in [3.8, 4) is 0 Å². The van der Waals surface area contributed by atoms with Crippen LogP contribution in [0.5, 0.6) is 0 Å². The highest BCUT2D eigenvalue weighted by atomic mass is 32.1. The lowest BCUT2D eigenvalue weighted by molar-refractivity contribution is -0.157. The normalized spacial score (nSPS) is 47.6. The summed E-state index contributed by atoms with van der Waals surface area (Å²) in [6.07, 6.45) is 8.79. The maximum Gasteiger partial charge on any atom is 0.0470 e. The van der Waals surface area contributed by atoms with Gasteiger partial charge in [-0.05, 0) is 79.2 Å². The van der Waals surface area contributed by atoms with Crippen molar-refractivity contribution in [1.82, 2.24) is 5.32 Å². The Balaban J connectivity index is 1.76. The first-order valence-electron chi connectivity index (χ1n) is 8.17. The first-order valence-corrected chi connectivity index (χ1v) is 9.05. The van der Waals surface area contributed by atoms with E-state index in [2.05, 4.69) is 43.7 Å². The molecule has 3 unspecified atom stereocenters. The molecule has 1 aromatic heterocycles. The van der Waals surface area contributed by atoms with Crippen LogP contribution in [0.15, 0.2) is 17.5 Å². The van der Waals surface area contributed by atoms with E-state index in [0.717, 1.165) is 5.92 Å². The molecule has 4 bridgehead atoms. The first kappa shape index (κ1) is 13.3. The van der Waals surface area contributed by atoms with Gasteiger partial charge in [0.25, 0.3) is 0 Å². The third kappa shape index (κ3) is 1.84. The van der Waals surface area contributed by atoms with E-state index < -0.39 is 0 Å². The Hall–Kier alpha value is -0.340. The van der Waals surface area contributed by atoms with Crippen LogP contribution in [-0.2, 0) is 0 Å². The first-order chi connectivity index (χ1) is 9.46. The molecule has 4 fully saturated rings. The van der Waals surface area contributed by atoms with Crippen LogP contribution in [0.25, 0.3) is 0 Å². The molecule has 0 radical (unpaired) electrons. The van der Waals surface area contributed by atoms with Gasteiger partial charge < -0.3 is 5.32 Å². The van der Waals surface area contributed by atoms with Gasteiger partial charge in [0.2, 0.25) is 0 Å². The summed E-state index contributed by atoms with van der Waals surface area (Å²) in [5.74, 6) is 0.983. The Morgan fingerprint density at radius 1 is 1.15 bits per heavy atom. The fourth-order valence-corrected chi connectivity index (χ4v) is 8.04. The molecule has 1 aromatic rings. The van der Waals surface area contributed by atoms with Crippen molar-refractivity contribution >= 4 is 11.3 Å². The molecule has 5 rings (SSSR count). The summed E-state index contributed by atoms with van der Waals surface area (Å²) in [6.45, 7) is 5.15. The molecular formula is C18H27NS. The molecule has 1 N–H and O–H groups in total. The average molecular weight is 289 g/mol. The predicted octanol–water partition coefficient (Wildman–Crippen LogP) is 5.01. The Morgan fingerprint density at radius 3 is 2.35 bits per heavy atom. The summed E-state index contributed by atoms with van der Waals surface area (Å²) in [4.78, 5) is 1.56. The van der Waals surface area contributed by atoms with Gasteiger partial charge in [0.15, 0.2) is 0 Å². The van der Waals surface area contributed by atoms with E-state index in [1.807, 2.05) is 11.3 Å². The summed E-state index contributed by atoms with van der Waals surface area (Å²) < 4.78 is 0. The summed E-state index contributed by atoms with van der Waals surface area (Å²) in [5, 5.41) is 5.95. The second kappa shape index (κ2) is 4.10. The van der Waals surface area contributed by atoms with E-state index in [9.17, 15) is 0 Å². The van der Waals surface area contributed by atoms with Gasteiger partial charge in [-0.2, -0.15) is 0 Å². The highest BCUT2D eigenvalue weighted by Crippen LogP contribution is 2.72. The number of rotatable bonds is 3. The van der Waals surface area contributed by atoms with Gasteiger partial charge in [0.1, 0.15) is 0 Å². The third-order valence-corrected chi connectivity index (χ3v) is 7.34. The van der Waals surface area contributed by atoms with Crippen molar-refractivity contribution in [2.24, 2.45) is 22.2 Å².